The quantitative estimate of drug-likeness (QED) is 0.0644. The van der Waals surface area contributed by atoms with Crippen LogP contribution < -0.4 is 9.64 Å². The zero-order chi connectivity index (χ0) is 29.1. The molecule has 41 heavy (non-hydrogen) atoms. The molecule has 12 heteroatoms. The smallest absolute Gasteiger partial charge is 0.301 e. The van der Waals surface area contributed by atoms with Gasteiger partial charge in [-0.15, -0.1) is 10.2 Å². The second kappa shape index (κ2) is 12.8. The molecular weight excluding hydrogens is 625 g/mol. The Morgan fingerprint density at radius 3 is 2.39 bits per heavy atom. The van der Waals surface area contributed by atoms with E-state index in [1.807, 2.05) is 13.0 Å². The molecule has 2 heterocycles. The van der Waals surface area contributed by atoms with Crippen molar-refractivity contribution in [3.63, 3.8) is 0 Å². The van der Waals surface area contributed by atoms with Crippen LogP contribution in [0.5, 0.6) is 5.75 Å². The fourth-order valence-corrected chi connectivity index (χ4v) is 6.76. The number of thioether (sulfide) groups is 1. The Morgan fingerprint density at radius 1 is 1.00 bits per heavy atom. The number of aliphatic hydroxyl groups is 1. The summed E-state index contributed by atoms with van der Waals surface area (Å²) in [7, 11) is 0. The van der Waals surface area contributed by atoms with Crippen molar-refractivity contribution in [3.05, 3.63) is 104 Å². The first-order valence-electron chi connectivity index (χ1n) is 12.5. The molecule has 210 valence electrons. The first-order chi connectivity index (χ1) is 19.8. The number of benzene rings is 3. The molecule has 1 amide bonds. The Hall–Kier alpha value is -3.08. The number of Topliss-reactive ketones (excluding diaryl/α,β-unsaturated/α-hetero) is 1. The van der Waals surface area contributed by atoms with E-state index in [0.717, 1.165) is 23.3 Å². The van der Waals surface area contributed by atoms with Crippen molar-refractivity contribution in [2.45, 2.75) is 29.5 Å². The molecule has 0 bridgehead atoms. The number of hydrogen-bond donors (Lipinski definition) is 1. The molecule has 1 aromatic heterocycles. The van der Waals surface area contributed by atoms with Crippen molar-refractivity contribution in [2.75, 3.05) is 11.5 Å². The maximum atomic E-state index is 13.4. The summed E-state index contributed by atoms with van der Waals surface area (Å²) in [5.74, 6) is -0.808. The molecule has 1 unspecified atom stereocenters. The molecule has 0 aliphatic carbocycles. The molecule has 0 spiro atoms. The summed E-state index contributed by atoms with van der Waals surface area (Å²) in [6.45, 7) is 2.56. The maximum absolute atomic E-state index is 13.4. The van der Waals surface area contributed by atoms with Gasteiger partial charge in [-0.2, -0.15) is 0 Å². The highest BCUT2D eigenvalue weighted by atomic mass is 35.5. The van der Waals surface area contributed by atoms with Crippen LogP contribution in [0.1, 0.15) is 36.1 Å². The lowest BCUT2D eigenvalue weighted by Crippen LogP contribution is -2.29. The number of aliphatic hydroxyl groups excluding tert-OH is 1. The van der Waals surface area contributed by atoms with Gasteiger partial charge in [0.1, 0.15) is 11.5 Å². The molecule has 1 N–H and O–H groups in total. The SMILES string of the molecule is CCCOc1ccc(/C(O)=C2/C(=O)C(=O)N(c3nnc(SCc4ccc(Cl)cc4Cl)s3)C2c2ccc(Cl)cc2)cc1. The summed E-state index contributed by atoms with van der Waals surface area (Å²) in [6.07, 6.45) is 0.854. The molecule has 0 radical (unpaired) electrons. The van der Waals surface area contributed by atoms with Gasteiger partial charge in [0.25, 0.3) is 5.78 Å². The van der Waals surface area contributed by atoms with E-state index in [4.69, 9.17) is 39.5 Å². The third-order valence-electron chi connectivity index (χ3n) is 6.20. The Labute approximate surface area is 259 Å². The summed E-state index contributed by atoms with van der Waals surface area (Å²) in [5.41, 5.74) is 1.76. The fraction of sp³-hybridized carbons (Fsp3) is 0.172. The number of ether oxygens (including phenoxy) is 1. The minimum absolute atomic E-state index is 0.0584. The number of carbonyl (C=O) groups excluding carboxylic acids is 2. The molecule has 1 aliphatic rings. The number of halogens is 3. The van der Waals surface area contributed by atoms with Gasteiger partial charge < -0.3 is 9.84 Å². The molecule has 4 aromatic rings. The number of anilines is 1. The predicted octanol–water partition coefficient (Wildman–Crippen LogP) is 8.21. The van der Waals surface area contributed by atoms with Crippen molar-refractivity contribution in [2.24, 2.45) is 0 Å². The van der Waals surface area contributed by atoms with E-state index < -0.39 is 17.7 Å². The predicted molar refractivity (Wildman–Crippen MR) is 164 cm³/mol. The highest BCUT2D eigenvalue weighted by Crippen LogP contribution is 2.44. The Bertz CT molecular complexity index is 1630. The molecule has 1 fully saturated rings. The number of amides is 1. The number of aromatic nitrogens is 2. The van der Waals surface area contributed by atoms with Gasteiger partial charge in [0.05, 0.1) is 18.2 Å². The van der Waals surface area contributed by atoms with Gasteiger partial charge in [-0.25, -0.2) is 0 Å². The van der Waals surface area contributed by atoms with Crippen LogP contribution in [0.4, 0.5) is 5.13 Å². The van der Waals surface area contributed by atoms with Gasteiger partial charge in [-0.1, -0.05) is 83.0 Å². The number of nitrogens with zero attached hydrogens (tertiary/aromatic N) is 3. The molecule has 1 saturated heterocycles. The average Bonchev–Trinajstić information content (AvgIpc) is 3.53. The molecule has 7 nitrogen and oxygen atoms in total. The van der Waals surface area contributed by atoms with E-state index in [1.165, 1.54) is 16.7 Å². The van der Waals surface area contributed by atoms with Crippen molar-refractivity contribution >= 4 is 80.5 Å². The van der Waals surface area contributed by atoms with Gasteiger partial charge in [0.2, 0.25) is 5.13 Å². The van der Waals surface area contributed by atoms with Crippen molar-refractivity contribution in [1.82, 2.24) is 10.2 Å². The van der Waals surface area contributed by atoms with Crippen molar-refractivity contribution < 1.29 is 19.4 Å². The monoisotopic (exact) mass is 645 g/mol. The van der Waals surface area contributed by atoms with E-state index in [-0.39, 0.29) is 16.5 Å². The van der Waals surface area contributed by atoms with E-state index in [1.54, 1.807) is 60.7 Å². The molecule has 0 saturated carbocycles. The molecular formula is C29H22Cl3N3O4S2. The summed E-state index contributed by atoms with van der Waals surface area (Å²) >= 11 is 21.0. The standard InChI is InChI=1S/C29H22Cl3N3O4S2/c1-2-13-39-21-11-6-17(7-12-21)25(36)23-24(16-3-8-19(30)9-4-16)35(27(38)26(23)37)28-33-34-29(41-28)40-15-18-5-10-20(31)14-22(18)32/h3-12,14,24,36H,2,13,15H2,1H3/b25-23-. The minimum atomic E-state index is -0.945. The van der Waals surface area contributed by atoms with Crippen LogP contribution in [0, 0.1) is 0 Å². The number of hydrogen-bond acceptors (Lipinski definition) is 8. The van der Waals surface area contributed by atoms with Crippen LogP contribution in [0.2, 0.25) is 15.1 Å². The molecule has 5 rings (SSSR count). The third-order valence-corrected chi connectivity index (χ3v) is 9.14. The summed E-state index contributed by atoms with van der Waals surface area (Å²) in [5, 5.41) is 21.6. The number of rotatable bonds is 9. The molecule has 3 aromatic carbocycles. The van der Waals surface area contributed by atoms with Gasteiger partial charge in [-0.05, 0) is 66.1 Å². The zero-order valence-electron chi connectivity index (χ0n) is 21.5. The van der Waals surface area contributed by atoms with Crippen molar-refractivity contribution in [1.29, 1.82) is 0 Å². The second-order valence-electron chi connectivity index (χ2n) is 8.97. The fourth-order valence-electron chi connectivity index (χ4n) is 4.21. The average molecular weight is 647 g/mol. The van der Waals surface area contributed by atoms with Crippen LogP contribution in [-0.4, -0.2) is 33.6 Å². The van der Waals surface area contributed by atoms with Crippen LogP contribution in [0.15, 0.2) is 76.6 Å². The van der Waals surface area contributed by atoms with Gasteiger partial charge >= 0.3 is 5.91 Å². The minimum Gasteiger partial charge on any atom is -0.507 e. The van der Waals surface area contributed by atoms with Crippen molar-refractivity contribution in [3.8, 4) is 5.75 Å². The Morgan fingerprint density at radius 2 is 1.71 bits per heavy atom. The van der Waals surface area contributed by atoms with Crippen LogP contribution in [-0.2, 0) is 15.3 Å². The van der Waals surface area contributed by atoms with E-state index in [9.17, 15) is 14.7 Å². The highest BCUT2D eigenvalue weighted by molar-refractivity contribution is 8.00. The number of ketones is 1. The van der Waals surface area contributed by atoms with Crippen LogP contribution in [0.3, 0.4) is 0 Å². The highest BCUT2D eigenvalue weighted by Gasteiger charge is 2.48. The van der Waals surface area contributed by atoms with E-state index in [2.05, 4.69) is 10.2 Å². The zero-order valence-corrected chi connectivity index (χ0v) is 25.4. The Balaban J connectivity index is 1.50. The second-order valence-corrected chi connectivity index (χ2v) is 12.4. The van der Waals surface area contributed by atoms with Gasteiger partial charge in [0, 0.05) is 26.4 Å². The normalized spacial score (nSPS) is 16.4. The lowest BCUT2D eigenvalue weighted by molar-refractivity contribution is -0.132. The first-order valence-corrected chi connectivity index (χ1v) is 15.4. The Kier molecular flexibility index (Phi) is 9.21. The lowest BCUT2D eigenvalue weighted by atomic mass is 9.95. The lowest BCUT2D eigenvalue weighted by Gasteiger charge is -2.22. The van der Waals surface area contributed by atoms with Gasteiger partial charge in [-0.3, -0.25) is 14.5 Å². The summed E-state index contributed by atoms with van der Waals surface area (Å²) in [4.78, 5) is 28.1. The number of carbonyl (C=O) groups is 2. The summed E-state index contributed by atoms with van der Waals surface area (Å²) < 4.78 is 6.20. The maximum Gasteiger partial charge on any atom is 0.301 e. The summed E-state index contributed by atoms with van der Waals surface area (Å²) in [6, 6.07) is 17.8. The third kappa shape index (κ3) is 6.39. The van der Waals surface area contributed by atoms with E-state index >= 15 is 0 Å². The topological polar surface area (TPSA) is 92.6 Å². The molecule has 1 atom stereocenters. The first kappa shape index (κ1) is 29.4. The van der Waals surface area contributed by atoms with Crippen LogP contribution >= 0.6 is 57.9 Å². The molecule has 1 aliphatic heterocycles. The van der Waals surface area contributed by atoms with Crippen LogP contribution in [0.25, 0.3) is 5.76 Å². The van der Waals surface area contributed by atoms with Gasteiger partial charge in [0.15, 0.2) is 4.34 Å². The van der Waals surface area contributed by atoms with E-state index in [0.29, 0.717) is 48.6 Å². The largest absolute Gasteiger partial charge is 0.507 e.